The number of nitro groups is 1. The number of nitro benzene ring substituents is 1. The Hall–Kier alpha value is -3.03. The van der Waals surface area contributed by atoms with Crippen LogP contribution < -0.4 is 5.32 Å². The highest BCUT2D eigenvalue weighted by Gasteiger charge is 2.56. The quantitative estimate of drug-likeness (QED) is 0.370. The second-order valence-electron chi connectivity index (χ2n) is 7.28. The minimum absolute atomic E-state index is 0.0326. The zero-order valence-corrected chi connectivity index (χ0v) is 14.5. The van der Waals surface area contributed by atoms with Crippen molar-refractivity contribution in [1.82, 2.24) is 4.90 Å². The van der Waals surface area contributed by atoms with E-state index in [9.17, 15) is 24.5 Å². The number of benzene rings is 1. The SMILES string of the molecule is O=C(CCN1C(=O)[C@@H]2[C@H](C1=O)[C@H]1C=C[C@H]2CC1)Nc1cccc([N+](=O)[O-])c1. The Morgan fingerprint density at radius 3 is 2.33 bits per heavy atom. The number of carbonyl (C=O) groups excluding carboxylic acids is 3. The molecule has 27 heavy (non-hydrogen) atoms. The fraction of sp³-hybridized carbons (Fsp3) is 0.421. The highest BCUT2D eigenvalue weighted by molar-refractivity contribution is 6.06. The van der Waals surface area contributed by atoms with Crippen LogP contribution in [0.3, 0.4) is 0 Å². The Balaban J connectivity index is 1.38. The molecule has 3 amide bonds. The molecule has 0 spiro atoms. The van der Waals surface area contributed by atoms with E-state index in [1.54, 1.807) is 6.07 Å². The van der Waals surface area contributed by atoms with Gasteiger partial charge < -0.3 is 5.32 Å². The summed E-state index contributed by atoms with van der Waals surface area (Å²) in [6.45, 7) is 0.0326. The smallest absolute Gasteiger partial charge is 0.271 e. The van der Waals surface area contributed by atoms with Gasteiger partial charge in [0.2, 0.25) is 17.7 Å². The lowest BCUT2D eigenvalue weighted by molar-refractivity contribution is -0.384. The molecule has 1 saturated carbocycles. The Kier molecular flexibility index (Phi) is 4.25. The van der Waals surface area contributed by atoms with E-state index in [0.717, 1.165) is 12.8 Å². The summed E-state index contributed by atoms with van der Waals surface area (Å²) in [5, 5.41) is 13.4. The van der Waals surface area contributed by atoms with Crippen molar-refractivity contribution >= 4 is 29.1 Å². The molecule has 5 rings (SSSR count). The van der Waals surface area contributed by atoms with E-state index in [0.29, 0.717) is 5.69 Å². The number of allylic oxidation sites excluding steroid dienone is 2. The highest BCUT2D eigenvalue weighted by atomic mass is 16.6. The van der Waals surface area contributed by atoms with Gasteiger partial charge in [0.15, 0.2) is 0 Å². The largest absolute Gasteiger partial charge is 0.326 e. The maximum Gasteiger partial charge on any atom is 0.271 e. The third-order valence-electron chi connectivity index (χ3n) is 5.75. The molecule has 1 heterocycles. The van der Waals surface area contributed by atoms with Crippen LogP contribution >= 0.6 is 0 Å². The molecular formula is C19H19N3O5. The van der Waals surface area contributed by atoms with Gasteiger partial charge in [0.05, 0.1) is 16.8 Å². The summed E-state index contributed by atoms with van der Waals surface area (Å²) < 4.78 is 0. The number of anilines is 1. The topological polar surface area (TPSA) is 110 Å². The van der Waals surface area contributed by atoms with Crippen LogP contribution in [-0.4, -0.2) is 34.1 Å². The fourth-order valence-corrected chi connectivity index (χ4v) is 4.49. The Morgan fingerprint density at radius 1 is 1.15 bits per heavy atom. The van der Waals surface area contributed by atoms with E-state index in [1.165, 1.54) is 23.1 Å². The summed E-state index contributed by atoms with van der Waals surface area (Å²) in [5.74, 6) is -1.05. The Labute approximate surface area is 155 Å². The van der Waals surface area contributed by atoms with Gasteiger partial charge in [-0.15, -0.1) is 0 Å². The highest BCUT2D eigenvalue weighted by Crippen LogP contribution is 2.49. The van der Waals surface area contributed by atoms with Gasteiger partial charge in [-0.3, -0.25) is 29.4 Å². The van der Waals surface area contributed by atoms with Crippen molar-refractivity contribution in [3.8, 4) is 0 Å². The van der Waals surface area contributed by atoms with Crippen molar-refractivity contribution in [3.63, 3.8) is 0 Å². The molecule has 1 aromatic carbocycles. The van der Waals surface area contributed by atoms with Gasteiger partial charge in [0.25, 0.3) is 5.69 Å². The van der Waals surface area contributed by atoms with Crippen LogP contribution in [0.5, 0.6) is 0 Å². The fourth-order valence-electron chi connectivity index (χ4n) is 4.49. The van der Waals surface area contributed by atoms with Crippen LogP contribution in [0.15, 0.2) is 36.4 Å². The molecule has 1 saturated heterocycles. The lowest BCUT2D eigenvalue weighted by Gasteiger charge is -2.38. The summed E-state index contributed by atoms with van der Waals surface area (Å²) in [6, 6.07) is 5.63. The zero-order valence-electron chi connectivity index (χ0n) is 14.5. The molecule has 1 N–H and O–H groups in total. The number of nitrogens with zero attached hydrogens (tertiary/aromatic N) is 2. The number of nitrogens with one attached hydrogen (secondary N) is 1. The first-order valence-electron chi connectivity index (χ1n) is 9.03. The second kappa shape index (κ2) is 6.61. The number of amides is 3. The monoisotopic (exact) mass is 369 g/mol. The van der Waals surface area contributed by atoms with Gasteiger partial charge in [-0.1, -0.05) is 18.2 Å². The van der Waals surface area contributed by atoms with Gasteiger partial charge in [-0.05, 0) is 30.7 Å². The van der Waals surface area contributed by atoms with Crippen molar-refractivity contribution < 1.29 is 19.3 Å². The van der Waals surface area contributed by atoms with Crippen LogP contribution in [-0.2, 0) is 14.4 Å². The molecule has 0 radical (unpaired) electrons. The van der Waals surface area contributed by atoms with Crippen LogP contribution in [0, 0.1) is 33.8 Å². The van der Waals surface area contributed by atoms with Crippen molar-refractivity contribution in [3.05, 3.63) is 46.5 Å². The normalized spacial score (nSPS) is 28.4. The number of hydrogen-bond acceptors (Lipinski definition) is 5. The van der Waals surface area contributed by atoms with Crippen LogP contribution in [0.1, 0.15) is 19.3 Å². The number of rotatable bonds is 5. The van der Waals surface area contributed by atoms with Crippen LogP contribution in [0.4, 0.5) is 11.4 Å². The number of carbonyl (C=O) groups is 3. The summed E-state index contributed by atoms with van der Waals surface area (Å²) in [4.78, 5) is 49.0. The first-order valence-corrected chi connectivity index (χ1v) is 9.03. The maximum atomic E-state index is 12.7. The van der Waals surface area contributed by atoms with Crippen molar-refractivity contribution in [2.75, 3.05) is 11.9 Å². The molecule has 2 bridgehead atoms. The minimum Gasteiger partial charge on any atom is -0.326 e. The lowest BCUT2D eigenvalue weighted by atomic mass is 9.63. The van der Waals surface area contributed by atoms with E-state index >= 15 is 0 Å². The molecule has 0 unspecified atom stereocenters. The Bertz CT molecular complexity index is 833. The molecule has 1 aliphatic heterocycles. The van der Waals surface area contributed by atoms with Crippen molar-refractivity contribution in [1.29, 1.82) is 0 Å². The molecule has 4 aliphatic rings. The van der Waals surface area contributed by atoms with Crippen molar-refractivity contribution in [2.45, 2.75) is 19.3 Å². The molecule has 3 aliphatic carbocycles. The lowest BCUT2D eigenvalue weighted by Crippen LogP contribution is -2.38. The number of likely N-dealkylation sites (tertiary alicyclic amines) is 1. The number of imide groups is 1. The number of hydrogen-bond donors (Lipinski definition) is 1. The average molecular weight is 369 g/mol. The van der Waals surface area contributed by atoms with E-state index < -0.39 is 10.8 Å². The first kappa shape index (κ1) is 17.4. The van der Waals surface area contributed by atoms with E-state index in [1.807, 2.05) is 0 Å². The molecule has 8 nitrogen and oxygen atoms in total. The van der Waals surface area contributed by atoms with Gasteiger partial charge in [-0.2, -0.15) is 0 Å². The predicted molar refractivity (Wildman–Crippen MR) is 95.4 cm³/mol. The van der Waals surface area contributed by atoms with Gasteiger partial charge in [-0.25, -0.2) is 0 Å². The van der Waals surface area contributed by atoms with Gasteiger partial charge >= 0.3 is 0 Å². The third kappa shape index (κ3) is 3.01. The summed E-state index contributed by atoms with van der Waals surface area (Å²) in [6.07, 6.45) is 5.94. The van der Waals surface area contributed by atoms with E-state index in [4.69, 9.17) is 0 Å². The zero-order chi connectivity index (χ0) is 19.1. The van der Waals surface area contributed by atoms with Gasteiger partial charge in [0.1, 0.15) is 0 Å². The Morgan fingerprint density at radius 2 is 1.78 bits per heavy atom. The molecular weight excluding hydrogens is 350 g/mol. The summed E-state index contributed by atoms with van der Waals surface area (Å²) in [7, 11) is 0. The first-order chi connectivity index (χ1) is 13.0. The molecule has 0 aromatic heterocycles. The summed E-state index contributed by atoms with van der Waals surface area (Å²) in [5.41, 5.74) is 0.189. The van der Waals surface area contributed by atoms with E-state index in [2.05, 4.69) is 17.5 Å². The molecule has 2 fully saturated rings. The second-order valence-corrected chi connectivity index (χ2v) is 7.28. The summed E-state index contributed by atoms with van der Waals surface area (Å²) >= 11 is 0. The number of fused-ring (bicyclic) bond motifs is 1. The maximum absolute atomic E-state index is 12.7. The minimum atomic E-state index is -0.540. The number of non-ortho nitro benzene ring substituents is 1. The van der Waals surface area contributed by atoms with Crippen LogP contribution in [0.25, 0.3) is 0 Å². The molecule has 140 valence electrons. The molecule has 8 heteroatoms. The van der Waals surface area contributed by atoms with Gasteiger partial charge in [0, 0.05) is 30.8 Å². The average Bonchev–Trinajstić information content (AvgIpc) is 2.94. The molecule has 1 aromatic rings. The van der Waals surface area contributed by atoms with Crippen molar-refractivity contribution in [2.24, 2.45) is 23.7 Å². The predicted octanol–water partition coefficient (Wildman–Crippen LogP) is 2.12. The third-order valence-corrected chi connectivity index (χ3v) is 5.75. The standard InChI is InChI=1S/C19H19N3O5/c23-15(20-13-2-1-3-14(10-13)22(26)27)8-9-21-18(24)16-11-4-5-12(7-6-11)17(16)19(21)25/h1-5,10-12,16-17H,6-9H2,(H,20,23)/t11-,12-,16-,17+/m0/s1. The van der Waals surface area contributed by atoms with Crippen LogP contribution in [0.2, 0.25) is 0 Å². The molecule has 4 atom stereocenters. The van der Waals surface area contributed by atoms with E-state index in [-0.39, 0.29) is 54.1 Å².